The molecule has 1 rings (SSSR count). The second-order valence-electron chi connectivity index (χ2n) is 3.69. The Balaban J connectivity index is 2.49. The van der Waals surface area contributed by atoms with Crippen LogP contribution in [-0.2, 0) is 14.3 Å². The number of β-lactam (4-membered cyclic amide) rings is 1. The Morgan fingerprint density at radius 1 is 1.67 bits per heavy atom. The van der Waals surface area contributed by atoms with E-state index >= 15 is 0 Å². The van der Waals surface area contributed by atoms with E-state index in [0.717, 1.165) is 0 Å². The van der Waals surface area contributed by atoms with Gasteiger partial charge < -0.3 is 15.2 Å². The maximum atomic E-state index is 11.4. The fourth-order valence-electron chi connectivity index (χ4n) is 1.78. The van der Waals surface area contributed by atoms with Gasteiger partial charge in [-0.25, -0.2) is 0 Å². The molecule has 0 spiro atoms. The molecular weight excluding hydrogens is 198 g/mol. The highest BCUT2D eigenvalue weighted by molar-refractivity contribution is 5.88. The second-order valence-corrected chi connectivity index (χ2v) is 3.69. The van der Waals surface area contributed by atoms with Crippen molar-refractivity contribution in [2.75, 3.05) is 13.2 Å². The minimum Gasteiger partial charge on any atom is -0.466 e. The number of hydrogen-bond acceptors (Lipinski definition) is 4. The Morgan fingerprint density at radius 2 is 2.33 bits per heavy atom. The van der Waals surface area contributed by atoms with Crippen molar-refractivity contribution in [1.82, 2.24) is 5.32 Å². The van der Waals surface area contributed by atoms with Crippen LogP contribution in [0.15, 0.2) is 0 Å². The summed E-state index contributed by atoms with van der Waals surface area (Å²) in [7, 11) is 0. The smallest absolute Gasteiger partial charge is 0.310 e. The molecule has 0 saturated carbocycles. The average Bonchev–Trinajstić information content (AvgIpc) is 2.22. The number of nitrogens with one attached hydrogen (secondary N) is 1. The van der Waals surface area contributed by atoms with Crippen LogP contribution in [0, 0.1) is 11.8 Å². The summed E-state index contributed by atoms with van der Waals surface area (Å²) in [6.45, 7) is 3.78. The molecule has 1 fully saturated rings. The minimum absolute atomic E-state index is 0.0376. The highest BCUT2D eigenvalue weighted by atomic mass is 16.5. The van der Waals surface area contributed by atoms with Crippen molar-refractivity contribution >= 4 is 11.9 Å². The van der Waals surface area contributed by atoms with Gasteiger partial charge in [-0.1, -0.05) is 0 Å². The normalized spacial score (nSPS) is 26.5. The minimum atomic E-state index is -0.348. The molecule has 0 aromatic rings. The molecule has 1 heterocycles. The Morgan fingerprint density at radius 3 is 2.80 bits per heavy atom. The zero-order chi connectivity index (χ0) is 11.4. The van der Waals surface area contributed by atoms with E-state index in [1.807, 2.05) is 0 Å². The molecule has 0 aromatic heterocycles. The van der Waals surface area contributed by atoms with Gasteiger partial charge in [0.2, 0.25) is 5.91 Å². The van der Waals surface area contributed by atoms with Gasteiger partial charge in [0.1, 0.15) is 0 Å². The fourth-order valence-corrected chi connectivity index (χ4v) is 1.78. The molecule has 1 amide bonds. The van der Waals surface area contributed by atoms with Crippen LogP contribution in [-0.4, -0.2) is 36.2 Å². The Kier molecular flexibility index (Phi) is 4.08. The number of hydrogen-bond donors (Lipinski definition) is 2. The van der Waals surface area contributed by atoms with Gasteiger partial charge in [0.05, 0.1) is 24.5 Å². The van der Waals surface area contributed by atoms with Crippen molar-refractivity contribution in [3.63, 3.8) is 0 Å². The molecule has 5 heteroatoms. The van der Waals surface area contributed by atoms with Crippen LogP contribution < -0.4 is 5.32 Å². The largest absolute Gasteiger partial charge is 0.466 e. The van der Waals surface area contributed by atoms with Crippen molar-refractivity contribution in [2.45, 2.75) is 26.3 Å². The summed E-state index contributed by atoms with van der Waals surface area (Å²) in [5.41, 5.74) is 0. The number of esters is 1. The first-order valence-electron chi connectivity index (χ1n) is 5.19. The quantitative estimate of drug-likeness (QED) is 0.487. The van der Waals surface area contributed by atoms with Gasteiger partial charge in [0.25, 0.3) is 0 Å². The van der Waals surface area contributed by atoms with E-state index in [-0.39, 0.29) is 36.4 Å². The van der Waals surface area contributed by atoms with E-state index in [2.05, 4.69) is 5.32 Å². The second kappa shape index (κ2) is 5.11. The summed E-state index contributed by atoms with van der Waals surface area (Å²) < 4.78 is 4.87. The molecule has 0 unspecified atom stereocenters. The highest BCUT2D eigenvalue weighted by Crippen LogP contribution is 2.25. The third kappa shape index (κ3) is 2.47. The van der Waals surface area contributed by atoms with Crippen molar-refractivity contribution in [3.8, 4) is 0 Å². The lowest BCUT2D eigenvalue weighted by Crippen LogP contribution is -2.62. The van der Waals surface area contributed by atoms with Gasteiger partial charge in [-0.05, 0) is 20.3 Å². The summed E-state index contributed by atoms with van der Waals surface area (Å²) in [5, 5.41) is 11.4. The molecule has 3 atom stereocenters. The van der Waals surface area contributed by atoms with Gasteiger partial charge in [0.15, 0.2) is 0 Å². The number of ether oxygens (including phenoxy) is 1. The maximum absolute atomic E-state index is 11.4. The summed E-state index contributed by atoms with van der Waals surface area (Å²) >= 11 is 0. The molecule has 1 saturated heterocycles. The Labute approximate surface area is 88.8 Å². The molecule has 2 N–H and O–H groups in total. The number of amides is 1. The van der Waals surface area contributed by atoms with E-state index in [4.69, 9.17) is 9.84 Å². The molecule has 0 aliphatic carbocycles. The molecule has 86 valence electrons. The number of aliphatic hydroxyl groups excluding tert-OH is 1. The zero-order valence-corrected chi connectivity index (χ0v) is 9.03. The molecule has 0 radical (unpaired) electrons. The molecule has 5 nitrogen and oxygen atoms in total. The lowest BCUT2D eigenvalue weighted by Gasteiger charge is -2.39. The fraction of sp³-hybridized carbons (Fsp3) is 0.800. The first kappa shape index (κ1) is 12.0. The lowest BCUT2D eigenvalue weighted by molar-refractivity contribution is -0.153. The van der Waals surface area contributed by atoms with Crippen LogP contribution in [0.3, 0.4) is 0 Å². The summed E-state index contributed by atoms with van der Waals surface area (Å²) in [4.78, 5) is 22.5. The Bertz CT molecular complexity index is 254. The first-order chi connectivity index (χ1) is 7.11. The molecule has 1 aliphatic heterocycles. The monoisotopic (exact) mass is 215 g/mol. The van der Waals surface area contributed by atoms with Crippen molar-refractivity contribution in [1.29, 1.82) is 0 Å². The summed E-state index contributed by atoms with van der Waals surface area (Å²) in [5.74, 6) is -0.996. The van der Waals surface area contributed by atoms with E-state index < -0.39 is 0 Å². The molecular formula is C10H17NO4. The number of carbonyl (C=O) groups excluding carboxylic acids is 2. The van der Waals surface area contributed by atoms with E-state index in [0.29, 0.717) is 13.0 Å². The van der Waals surface area contributed by atoms with Gasteiger partial charge in [-0.2, -0.15) is 0 Å². The summed E-state index contributed by atoms with van der Waals surface area (Å²) in [6.07, 6.45) is 0.403. The van der Waals surface area contributed by atoms with Gasteiger partial charge in [-0.3, -0.25) is 9.59 Å². The molecule has 15 heavy (non-hydrogen) atoms. The standard InChI is InChI=1S/C10H17NO4/c1-3-15-10(14)6(2)8-7(4-5-12)9(13)11-8/h6-8,12H,3-5H2,1-2H3,(H,11,13)/t6-,7+,8-/m1/s1. The van der Waals surface area contributed by atoms with Crippen LogP contribution in [0.1, 0.15) is 20.3 Å². The predicted octanol–water partition coefficient (Wildman–Crippen LogP) is -0.317. The number of aliphatic hydroxyl groups is 1. The maximum Gasteiger partial charge on any atom is 0.310 e. The van der Waals surface area contributed by atoms with Crippen LogP contribution in [0.25, 0.3) is 0 Å². The zero-order valence-electron chi connectivity index (χ0n) is 9.03. The van der Waals surface area contributed by atoms with Crippen molar-refractivity contribution in [3.05, 3.63) is 0 Å². The predicted molar refractivity (Wildman–Crippen MR) is 52.9 cm³/mol. The van der Waals surface area contributed by atoms with Crippen LogP contribution in [0.5, 0.6) is 0 Å². The van der Waals surface area contributed by atoms with E-state index in [9.17, 15) is 9.59 Å². The molecule has 1 aliphatic rings. The third-order valence-corrected chi connectivity index (χ3v) is 2.72. The molecule has 0 aromatic carbocycles. The average molecular weight is 215 g/mol. The van der Waals surface area contributed by atoms with Gasteiger partial charge in [-0.15, -0.1) is 0 Å². The number of carbonyl (C=O) groups is 2. The first-order valence-corrected chi connectivity index (χ1v) is 5.19. The summed E-state index contributed by atoms with van der Waals surface area (Å²) in [6, 6.07) is -0.191. The Hall–Kier alpha value is -1.10. The van der Waals surface area contributed by atoms with Crippen molar-refractivity contribution < 1.29 is 19.4 Å². The topological polar surface area (TPSA) is 75.6 Å². The van der Waals surface area contributed by atoms with E-state index in [1.165, 1.54) is 0 Å². The van der Waals surface area contributed by atoms with Gasteiger partial charge in [0, 0.05) is 6.61 Å². The lowest BCUT2D eigenvalue weighted by atomic mass is 9.80. The van der Waals surface area contributed by atoms with E-state index in [1.54, 1.807) is 13.8 Å². The van der Waals surface area contributed by atoms with Crippen LogP contribution >= 0.6 is 0 Å². The van der Waals surface area contributed by atoms with Crippen LogP contribution in [0.2, 0.25) is 0 Å². The number of rotatable bonds is 5. The molecule has 0 bridgehead atoms. The van der Waals surface area contributed by atoms with Crippen LogP contribution in [0.4, 0.5) is 0 Å². The van der Waals surface area contributed by atoms with Crippen molar-refractivity contribution in [2.24, 2.45) is 11.8 Å². The third-order valence-electron chi connectivity index (χ3n) is 2.72. The highest BCUT2D eigenvalue weighted by Gasteiger charge is 2.44. The SMILES string of the molecule is CCOC(=O)[C@H](C)[C@H]1NC(=O)[C@H]1CCO. The van der Waals surface area contributed by atoms with Gasteiger partial charge >= 0.3 is 5.97 Å².